The predicted octanol–water partition coefficient (Wildman–Crippen LogP) is 1.65. The first-order valence-electron chi connectivity index (χ1n) is 9.71. The van der Waals surface area contributed by atoms with Gasteiger partial charge in [0.1, 0.15) is 17.7 Å². The number of tetrazole rings is 1. The summed E-state index contributed by atoms with van der Waals surface area (Å²) in [7, 11) is 0. The van der Waals surface area contributed by atoms with Crippen molar-refractivity contribution in [3.63, 3.8) is 0 Å². The molecule has 12 nitrogen and oxygen atoms in total. The molecule has 0 spiro atoms. The number of ether oxygens (including phenoxy) is 2. The molecule has 2 heterocycles. The highest BCUT2D eigenvalue weighted by Gasteiger charge is 2.18. The number of anilines is 2. The van der Waals surface area contributed by atoms with Crippen molar-refractivity contribution in [3.8, 4) is 0 Å². The molecule has 0 aliphatic carbocycles. The Balaban J connectivity index is 1.56. The fourth-order valence-electron chi connectivity index (χ4n) is 2.69. The maximum atomic E-state index is 12.5. The average molecular weight is 472 g/mol. The number of carbonyl (C=O) groups excluding carboxylic acids is 4. The third kappa shape index (κ3) is 6.43. The number of aryl methyl sites for hydroxylation is 1. The van der Waals surface area contributed by atoms with E-state index in [1.54, 1.807) is 32.0 Å². The van der Waals surface area contributed by atoms with E-state index in [0.29, 0.717) is 15.4 Å². The Morgan fingerprint density at radius 3 is 2.58 bits per heavy atom. The molecule has 0 bridgehead atoms. The van der Waals surface area contributed by atoms with Crippen LogP contribution in [0.3, 0.4) is 0 Å². The molecule has 0 atom stereocenters. The van der Waals surface area contributed by atoms with E-state index in [4.69, 9.17) is 9.47 Å². The van der Waals surface area contributed by atoms with Gasteiger partial charge < -0.3 is 20.1 Å². The second-order valence-electron chi connectivity index (χ2n) is 6.57. The van der Waals surface area contributed by atoms with E-state index in [-0.39, 0.29) is 24.4 Å². The van der Waals surface area contributed by atoms with E-state index in [0.717, 1.165) is 11.3 Å². The number of para-hydroxylation sites is 1. The van der Waals surface area contributed by atoms with Crippen LogP contribution in [0.25, 0.3) is 0 Å². The first-order valence-corrected chi connectivity index (χ1v) is 10.5. The van der Waals surface area contributed by atoms with Gasteiger partial charge in [-0.05, 0) is 48.0 Å². The molecule has 0 saturated carbocycles. The quantitative estimate of drug-likeness (QED) is 0.442. The van der Waals surface area contributed by atoms with Gasteiger partial charge in [-0.1, -0.05) is 12.1 Å². The standard InChI is InChI=1S/C20H20N6O6S/c1-3-31-20(30)18-12(2)8-17(33-18)23-16(28)10-32-19(29)13-6-4-5-7-14(13)22-15(27)9-26-11-21-24-25-26/h4-8,11H,3,9-10H2,1-2H3,(H,22,27)(H,23,28). The lowest BCUT2D eigenvalue weighted by Gasteiger charge is -2.10. The van der Waals surface area contributed by atoms with Crippen LogP contribution in [0.15, 0.2) is 36.7 Å². The van der Waals surface area contributed by atoms with E-state index >= 15 is 0 Å². The van der Waals surface area contributed by atoms with Crippen LogP contribution in [0.2, 0.25) is 0 Å². The summed E-state index contributed by atoms with van der Waals surface area (Å²) in [4.78, 5) is 49.2. The lowest BCUT2D eigenvalue weighted by Crippen LogP contribution is -2.23. The Hall–Kier alpha value is -4.13. The lowest BCUT2D eigenvalue weighted by molar-refractivity contribution is -0.119. The third-order valence-corrected chi connectivity index (χ3v) is 5.23. The van der Waals surface area contributed by atoms with Crippen LogP contribution in [0.4, 0.5) is 10.7 Å². The van der Waals surface area contributed by atoms with Crippen LogP contribution < -0.4 is 10.6 Å². The number of benzene rings is 1. The minimum atomic E-state index is -0.793. The molecule has 0 aliphatic heterocycles. The number of amides is 2. The van der Waals surface area contributed by atoms with Crippen molar-refractivity contribution in [3.05, 3.63) is 52.7 Å². The topological polar surface area (TPSA) is 154 Å². The average Bonchev–Trinajstić information content (AvgIpc) is 3.41. The zero-order chi connectivity index (χ0) is 23.8. The van der Waals surface area contributed by atoms with E-state index in [9.17, 15) is 19.2 Å². The Morgan fingerprint density at radius 1 is 1.06 bits per heavy atom. The molecule has 172 valence electrons. The van der Waals surface area contributed by atoms with Gasteiger partial charge in [-0.25, -0.2) is 14.3 Å². The Bertz CT molecular complexity index is 1160. The number of esters is 2. The van der Waals surface area contributed by atoms with Crippen LogP contribution in [0, 0.1) is 6.92 Å². The van der Waals surface area contributed by atoms with E-state index in [1.807, 2.05) is 0 Å². The van der Waals surface area contributed by atoms with Crippen molar-refractivity contribution in [1.29, 1.82) is 0 Å². The molecule has 13 heteroatoms. The molecule has 2 aromatic heterocycles. The van der Waals surface area contributed by atoms with Gasteiger partial charge in [0.25, 0.3) is 5.91 Å². The van der Waals surface area contributed by atoms with Gasteiger partial charge in [-0.2, -0.15) is 0 Å². The fraction of sp³-hybridized carbons (Fsp3) is 0.250. The number of nitrogens with one attached hydrogen (secondary N) is 2. The normalized spacial score (nSPS) is 10.4. The van der Waals surface area contributed by atoms with E-state index in [2.05, 4.69) is 26.2 Å². The lowest BCUT2D eigenvalue weighted by atomic mass is 10.2. The maximum absolute atomic E-state index is 12.5. The zero-order valence-corrected chi connectivity index (χ0v) is 18.5. The second kappa shape index (κ2) is 10.9. The van der Waals surface area contributed by atoms with Crippen molar-refractivity contribution in [2.45, 2.75) is 20.4 Å². The predicted molar refractivity (Wildman–Crippen MR) is 117 cm³/mol. The molecule has 3 aromatic rings. The number of nitrogens with zero attached hydrogens (tertiary/aromatic N) is 4. The smallest absolute Gasteiger partial charge is 0.348 e. The van der Waals surface area contributed by atoms with Crippen LogP contribution >= 0.6 is 11.3 Å². The number of aromatic nitrogens is 4. The summed E-state index contributed by atoms with van der Waals surface area (Å²) in [5.74, 6) is -2.30. The maximum Gasteiger partial charge on any atom is 0.348 e. The molecule has 33 heavy (non-hydrogen) atoms. The summed E-state index contributed by atoms with van der Waals surface area (Å²) in [5, 5.41) is 16.1. The van der Waals surface area contributed by atoms with Crippen LogP contribution in [0.1, 0.15) is 32.5 Å². The molecule has 0 saturated heterocycles. The van der Waals surface area contributed by atoms with Crippen molar-refractivity contribution in [2.75, 3.05) is 23.8 Å². The highest BCUT2D eigenvalue weighted by molar-refractivity contribution is 7.18. The molecular weight excluding hydrogens is 452 g/mol. The van der Waals surface area contributed by atoms with Crippen LogP contribution in [-0.4, -0.2) is 57.2 Å². The Labute approximate surface area is 191 Å². The van der Waals surface area contributed by atoms with Crippen molar-refractivity contribution in [2.24, 2.45) is 0 Å². The molecule has 2 N–H and O–H groups in total. The summed E-state index contributed by atoms with van der Waals surface area (Å²) < 4.78 is 11.3. The SMILES string of the molecule is CCOC(=O)c1sc(NC(=O)COC(=O)c2ccccc2NC(=O)Cn2cnnn2)cc1C. The summed E-state index contributed by atoms with van der Waals surface area (Å²) in [6.07, 6.45) is 1.28. The van der Waals surface area contributed by atoms with Gasteiger partial charge in [-0.3, -0.25) is 9.59 Å². The van der Waals surface area contributed by atoms with Gasteiger partial charge in [0.2, 0.25) is 5.91 Å². The van der Waals surface area contributed by atoms with Crippen molar-refractivity contribution >= 4 is 45.8 Å². The summed E-state index contributed by atoms with van der Waals surface area (Å²) in [6.45, 7) is 2.97. The van der Waals surface area contributed by atoms with Crippen LogP contribution in [-0.2, 0) is 25.6 Å². The largest absolute Gasteiger partial charge is 0.462 e. The molecule has 1 aromatic carbocycles. The molecule has 2 amide bonds. The first-order chi connectivity index (χ1) is 15.9. The molecule has 0 unspecified atom stereocenters. The zero-order valence-electron chi connectivity index (χ0n) is 17.7. The summed E-state index contributed by atoms with van der Waals surface area (Å²) >= 11 is 1.07. The number of carbonyl (C=O) groups is 4. The second-order valence-corrected chi connectivity index (χ2v) is 7.62. The number of hydrogen-bond donors (Lipinski definition) is 2. The molecule has 3 rings (SSSR count). The van der Waals surface area contributed by atoms with Gasteiger partial charge in [0.15, 0.2) is 6.61 Å². The molecule has 0 aliphatic rings. The fourth-order valence-corrected chi connectivity index (χ4v) is 3.67. The highest BCUT2D eigenvalue weighted by atomic mass is 32.1. The van der Waals surface area contributed by atoms with Crippen molar-refractivity contribution < 1.29 is 28.7 Å². The minimum absolute atomic E-state index is 0.0759. The van der Waals surface area contributed by atoms with Crippen molar-refractivity contribution in [1.82, 2.24) is 20.2 Å². The van der Waals surface area contributed by atoms with E-state index in [1.165, 1.54) is 23.1 Å². The van der Waals surface area contributed by atoms with E-state index < -0.39 is 30.4 Å². The molecule has 0 radical (unpaired) electrons. The molecule has 0 fully saturated rings. The van der Waals surface area contributed by atoms with Gasteiger partial charge in [-0.15, -0.1) is 16.4 Å². The number of rotatable bonds is 9. The molecular formula is C20H20N6O6S. The van der Waals surface area contributed by atoms with Crippen LogP contribution in [0.5, 0.6) is 0 Å². The number of thiophene rings is 1. The summed E-state index contributed by atoms with van der Waals surface area (Å²) in [5.41, 5.74) is 0.956. The highest BCUT2D eigenvalue weighted by Crippen LogP contribution is 2.27. The summed E-state index contributed by atoms with van der Waals surface area (Å²) in [6, 6.07) is 7.85. The first kappa shape index (κ1) is 23.5. The Kier molecular flexibility index (Phi) is 7.81. The van der Waals surface area contributed by atoms with Gasteiger partial charge in [0, 0.05) is 0 Å². The minimum Gasteiger partial charge on any atom is -0.462 e. The van der Waals surface area contributed by atoms with Gasteiger partial charge in [0.05, 0.1) is 22.9 Å². The monoisotopic (exact) mass is 472 g/mol. The van der Waals surface area contributed by atoms with Gasteiger partial charge >= 0.3 is 11.9 Å². The number of hydrogen-bond acceptors (Lipinski definition) is 10. The Morgan fingerprint density at radius 2 is 1.85 bits per heavy atom. The third-order valence-electron chi connectivity index (χ3n) is 4.09.